The molecular formula is C27H26F2N2O2. The highest BCUT2D eigenvalue weighted by atomic mass is 19.1. The van der Waals surface area contributed by atoms with Crippen LogP contribution >= 0.6 is 0 Å². The second-order valence-corrected chi connectivity index (χ2v) is 9.52. The second-order valence-electron chi connectivity index (χ2n) is 9.52. The lowest BCUT2D eigenvalue weighted by molar-refractivity contribution is 0.209. The molecule has 2 atom stereocenters. The molecule has 2 N–H and O–H groups in total. The molecule has 0 saturated carbocycles. The average molecular weight is 449 g/mol. The number of rotatable bonds is 3. The highest BCUT2D eigenvalue weighted by Gasteiger charge is 2.45. The molecule has 0 aromatic heterocycles. The molecule has 2 heterocycles. The monoisotopic (exact) mass is 448 g/mol. The molecule has 170 valence electrons. The Morgan fingerprint density at radius 2 is 1.27 bits per heavy atom. The number of nitrogens with zero attached hydrogens (tertiary/aromatic N) is 1. The SMILES string of the molecule is C[C@@]1(c2ccc(F)cc2)CCN2CC[C@@](C)(c3ccc(F)cc3)c3cc(NC(=O)O)cc1c32. The molecule has 0 radical (unpaired) electrons. The first-order valence-electron chi connectivity index (χ1n) is 11.2. The van der Waals surface area contributed by atoms with Gasteiger partial charge in [-0.15, -0.1) is 0 Å². The van der Waals surface area contributed by atoms with Gasteiger partial charge < -0.3 is 10.0 Å². The first-order valence-corrected chi connectivity index (χ1v) is 11.2. The molecule has 0 spiro atoms. The van der Waals surface area contributed by atoms with Crippen LogP contribution in [0.1, 0.15) is 48.9 Å². The Hall–Kier alpha value is -3.41. The van der Waals surface area contributed by atoms with Gasteiger partial charge in [-0.2, -0.15) is 0 Å². The van der Waals surface area contributed by atoms with Crippen LogP contribution in [-0.4, -0.2) is 24.3 Å². The Labute approximate surface area is 191 Å². The summed E-state index contributed by atoms with van der Waals surface area (Å²) in [7, 11) is 0. The van der Waals surface area contributed by atoms with E-state index in [1.165, 1.54) is 24.3 Å². The van der Waals surface area contributed by atoms with Gasteiger partial charge in [0.25, 0.3) is 0 Å². The van der Waals surface area contributed by atoms with Gasteiger partial charge >= 0.3 is 6.09 Å². The number of hydrogen-bond donors (Lipinski definition) is 2. The van der Waals surface area contributed by atoms with Crippen molar-refractivity contribution in [3.63, 3.8) is 0 Å². The Kier molecular flexibility index (Phi) is 4.92. The number of carbonyl (C=O) groups is 1. The number of hydrogen-bond acceptors (Lipinski definition) is 2. The van der Waals surface area contributed by atoms with Gasteiger partial charge in [-0.1, -0.05) is 38.1 Å². The van der Waals surface area contributed by atoms with E-state index in [4.69, 9.17) is 0 Å². The highest BCUT2D eigenvalue weighted by molar-refractivity contribution is 5.86. The molecule has 1 amide bonds. The largest absolute Gasteiger partial charge is 0.465 e. The highest BCUT2D eigenvalue weighted by Crippen LogP contribution is 2.54. The van der Waals surface area contributed by atoms with Crippen LogP contribution < -0.4 is 10.2 Å². The van der Waals surface area contributed by atoms with Crippen molar-refractivity contribution in [1.82, 2.24) is 0 Å². The van der Waals surface area contributed by atoms with Crippen molar-refractivity contribution >= 4 is 17.5 Å². The lowest BCUT2D eigenvalue weighted by Crippen LogP contribution is -2.47. The maximum Gasteiger partial charge on any atom is 0.409 e. The van der Waals surface area contributed by atoms with Crippen LogP contribution in [0.15, 0.2) is 60.7 Å². The van der Waals surface area contributed by atoms with Gasteiger partial charge in [0.05, 0.1) is 0 Å². The van der Waals surface area contributed by atoms with Gasteiger partial charge in [-0.05, 0) is 71.5 Å². The molecule has 0 aliphatic carbocycles. The molecule has 5 rings (SSSR count). The van der Waals surface area contributed by atoms with Crippen molar-refractivity contribution in [2.24, 2.45) is 0 Å². The van der Waals surface area contributed by atoms with Crippen molar-refractivity contribution in [3.8, 4) is 0 Å². The van der Waals surface area contributed by atoms with Crippen LogP contribution in [0.5, 0.6) is 0 Å². The molecule has 2 aliphatic heterocycles. The fraction of sp³-hybridized carbons (Fsp3) is 0.296. The van der Waals surface area contributed by atoms with Gasteiger partial charge in [0, 0.05) is 35.3 Å². The zero-order valence-electron chi connectivity index (χ0n) is 18.7. The van der Waals surface area contributed by atoms with Crippen LogP contribution in [0.3, 0.4) is 0 Å². The van der Waals surface area contributed by atoms with Crippen molar-refractivity contribution in [1.29, 1.82) is 0 Å². The average Bonchev–Trinajstić information content (AvgIpc) is 2.78. The first kappa shape index (κ1) is 21.4. The molecule has 33 heavy (non-hydrogen) atoms. The third-order valence-electron chi connectivity index (χ3n) is 7.59. The molecule has 0 bridgehead atoms. The molecular weight excluding hydrogens is 422 g/mol. The fourth-order valence-electron chi connectivity index (χ4n) is 5.57. The smallest absolute Gasteiger partial charge is 0.409 e. The zero-order chi connectivity index (χ0) is 23.4. The third-order valence-corrected chi connectivity index (χ3v) is 7.59. The predicted molar refractivity (Wildman–Crippen MR) is 125 cm³/mol. The Bertz CT molecular complexity index is 1140. The van der Waals surface area contributed by atoms with Gasteiger partial charge in [0.1, 0.15) is 11.6 Å². The summed E-state index contributed by atoms with van der Waals surface area (Å²) >= 11 is 0. The minimum absolute atomic E-state index is 0.285. The summed E-state index contributed by atoms with van der Waals surface area (Å²) in [4.78, 5) is 13.9. The summed E-state index contributed by atoms with van der Waals surface area (Å²) in [6.45, 7) is 5.97. The Balaban J connectivity index is 1.76. The van der Waals surface area contributed by atoms with Gasteiger partial charge in [0.2, 0.25) is 0 Å². The van der Waals surface area contributed by atoms with E-state index in [-0.39, 0.29) is 11.6 Å². The fourth-order valence-corrected chi connectivity index (χ4v) is 5.57. The molecule has 3 aromatic rings. The first-order chi connectivity index (χ1) is 15.7. The van der Waals surface area contributed by atoms with Crippen molar-refractivity contribution in [2.45, 2.75) is 37.5 Å². The Morgan fingerprint density at radius 3 is 1.67 bits per heavy atom. The van der Waals surface area contributed by atoms with Crippen LogP contribution in [0.25, 0.3) is 0 Å². The number of anilines is 2. The predicted octanol–water partition coefficient (Wildman–Crippen LogP) is 6.28. The van der Waals surface area contributed by atoms with Crippen LogP contribution in [0.4, 0.5) is 25.0 Å². The quantitative estimate of drug-likeness (QED) is 0.496. The van der Waals surface area contributed by atoms with E-state index in [9.17, 15) is 18.7 Å². The molecule has 0 fully saturated rings. The molecule has 0 saturated heterocycles. The van der Waals surface area contributed by atoms with E-state index in [2.05, 4.69) is 24.1 Å². The molecule has 3 aromatic carbocycles. The van der Waals surface area contributed by atoms with Gasteiger partial charge in [-0.25, -0.2) is 13.6 Å². The lowest BCUT2D eigenvalue weighted by Gasteiger charge is -2.50. The van der Waals surface area contributed by atoms with E-state index >= 15 is 0 Å². The number of benzene rings is 3. The van der Waals surface area contributed by atoms with Crippen molar-refractivity contribution in [2.75, 3.05) is 23.3 Å². The topological polar surface area (TPSA) is 52.6 Å². The summed E-state index contributed by atoms with van der Waals surface area (Å²) in [6, 6.07) is 17.0. The van der Waals surface area contributed by atoms with E-state index < -0.39 is 16.9 Å². The molecule has 4 nitrogen and oxygen atoms in total. The summed E-state index contributed by atoms with van der Waals surface area (Å²) in [5.41, 5.74) is 4.81. The van der Waals surface area contributed by atoms with Crippen LogP contribution in [0.2, 0.25) is 0 Å². The Morgan fingerprint density at radius 1 is 0.848 bits per heavy atom. The molecule has 6 heteroatoms. The standard InChI is InChI=1S/C27H26F2N2O2/c1-26(17-3-7-19(28)8-4-17)11-13-31-14-12-27(2,18-5-9-20(29)10-6-18)23-16-21(30-25(32)33)15-22(26)24(23)31/h3-10,15-16,30H,11-14H2,1-2H3,(H,32,33)/t26-,27-/m0/s1. The van der Waals surface area contributed by atoms with Crippen LogP contribution in [-0.2, 0) is 10.8 Å². The van der Waals surface area contributed by atoms with Crippen molar-refractivity contribution in [3.05, 3.63) is 94.6 Å². The second kappa shape index (κ2) is 7.58. The lowest BCUT2D eigenvalue weighted by atomic mass is 9.64. The number of halogens is 2. The molecule has 0 unspecified atom stereocenters. The minimum atomic E-state index is -1.13. The van der Waals surface area contributed by atoms with E-state index in [0.717, 1.165) is 53.9 Å². The summed E-state index contributed by atoms with van der Waals surface area (Å²) in [5.74, 6) is -0.570. The van der Waals surface area contributed by atoms with Crippen molar-refractivity contribution < 1.29 is 18.7 Å². The minimum Gasteiger partial charge on any atom is -0.465 e. The number of nitrogens with one attached hydrogen (secondary N) is 1. The van der Waals surface area contributed by atoms with E-state index in [1.807, 2.05) is 36.4 Å². The summed E-state index contributed by atoms with van der Waals surface area (Å²) in [6.07, 6.45) is 0.529. The molecule has 2 aliphatic rings. The van der Waals surface area contributed by atoms with Gasteiger partial charge in [-0.3, -0.25) is 5.32 Å². The third kappa shape index (κ3) is 3.45. The van der Waals surface area contributed by atoms with E-state index in [0.29, 0.717) is 5.69 Å². The van der Waals surface area contributed by atoms with Crippen LogP contribution in [0, 0.1) is 11.6 Å². The number of carboxylic acid groups (broad SMARTS) is 1. The van der Waals surface area contributed by atoms with Gasteiger partial charge in [0.15, 0.2) is 0 Å². The normalized spacial score (nSPS) is 23.7. The maximum absolute atomic E-state index is 13.7. The summed E-state index contributed by atoms with van der Waals surface area (Å²) < 4.78 is 27.4. The number of amides is 1. The summed E-state index contributed by atoms with van der Waals surface area (Å²) in [5, 5.41) is 12.0. The van der Waals surface area contributed by atoms with E-state index in [1.54, 1.807) is 0 Å². The zero-order valence-corrected chi connectivity index (χ0v) is 18.7. The maximum atomic E-state index is 13.7.